The van der Waals surface area contributed by atoms with Crippen LogP contribution in [-0.2, 0) is 6.54 Å². The first-order chi connectivity index (χ1) is 12.2. The lowest BCUT2D eigenvalue weighted by Gasteiger charge is -2.12. The zero-order chi connectivity index (χ0) is 17.8. The third-order valence-electron chi connectivity index (χ3n) is 4.34. The summed E-state index contributed by atoms with van der Waals surface area (Å²) in [5, 5.41) is 0.973. The molecule has 0 unspecified atom stereocenters. The van der Waals surface area contributed by atoms with Crippen molar-refractivity contribution >= 4 is 17.2 Å². The fourth-order valence-electron chi connectivity index (χ4n) is 3.06. The van der Waals surface area contributed by atoms with Crippen LogP contribution in [0.1, 0.15) is 16.1 Å². The van der Waals surface area contributed by atoms with E-state index < -0.39 is 0 Å². The Bertz CT molecular complexity index is 898. The van der Waals surface area contributed by atoms with E-state index in [9.17, 15) is 4.79 Å². The maximum absolute atomic E-state index is 11.4. The van der Waals surface area contributed by atoms with Crippen LogP contribution in [0, 0.1) is 6.92 Å². The largest absolute Gasteiger partial charge is 0.493 e. The molecule has 0 aliphatic rings. The molecule has 3 aromatic rings. The number of fused-ring (bicyclic) bond motifs is 1. The van der Waals surface area contributed by atoms with E-state index in [2.05, 4.69) is 4.57 Å². The summed E-state index contributed by atoms with van der Waals surface area (Å²) in [7, 11) is 3.20. The molecule has 3 rings (SSSR count). The zero-order valence-corrected chi connectivity index (χ0v) is 14.6. The molecule has 0 bridgehead atoms. The van der Waals surface area contributed by atoms with E-state index >= 15 is 0 Å². The normalized spacial score (nSPS) is 10.7. The van der Waals surface area contributed by atoms with Crippen molar-refractivity contribution in [2.24, 2.45) is 0 Å². The highest BCUT2D eigenvalue weighted by Gasteiger charge is 2.13. The highest BCUT2D eigenvalue weighted by molar-refractivity contribution is 5.99. The number of aldehydes is 1. The maximum atomic E-state index is 11.4. The first-order valence-corrected chi connectivity index (χ1v) is 8.07. The second-order valence-electron chi connectivity index (χ2n) is 5.65. The van der Waals surface area contributed by atoms with E-state index in [4.69, 9.17) is 14.2 Å². The molecule has 0 saturated heterocycles. The molecule has 1 heterocycles. The second kappa shape index (κ2) is 7.30. The molecule has 0 amide bonds. The monoisotopic (exact) mass is 339 g/mol. The van der Waals surface area contributed by atoms with Crippen molar-refractivity contribution in [2.75, 3.05) is 20.8 Å². The molecule has 0 saturated carbocycles. The topological polar surface area (TPSA) is 49.7 Å². The summed E-state index contributed by atoms with van der Waals surface area (Å²) in [4.78, 5) is 11.4. The minimum atomic E-state index is 0.479. The van der Waals surface area contributed by atoms with Crippen molar-refractivity contribution < 1.29 is 19.0 Å². The molecule has 0 N–H and O–H groups in total. The van der Waals surface area contributed by atoms with Crippen LogP contribution in [0.15, 0.2) is 42.5 Å². The summed E-state index contributed by atoms with van der Waals surface area (Å²) < 4.78 is 18.5. The molecule has 130 valence electrons. The van der Waals surface area contributed by atoms with Crippen molar-refractivity contribution in [3.05, 3.63) is 53.7 Å². The van der Waals surface area contributed by atoms with Crippen molar-refractivity contribution in [1.29, 1.82) is 0 Å². The lowest BCUT2D eigenvalue weighted by molar-refractivity contribution is 0.112. The summed E-state index contributed by atoms with van der Waals surface area (Å²) in [5.74, 6) is 2.01. The van der Waals surface area contributed by atoms with Crippen LogP contribution >= 0.6 is 0 Å². The highest BCUT2D eigenvalue weighted by Crippen LogP contribution is 2.31. The third kappa shape index (κ3) is 3.18. The van der Waals surface area contributed by atoms with Gasteiger partial charge in [0.1, 0.15) is 12.4 Å². The average Bonchev–Trinajstić information content (AvgIpc) is 2.92. The Labute approximate surface area is 146 Å². The lowest BCUT2D eigenvalue weighted by Crippen LogP contribution is -2.09. The minimum absolute atomic E-state index is 0.479. The number of aromatic nitrogens is 1. The second-order valence-corrected chi connectivity index (χ2v) is 5.65. The number of carbonyl (C=O) groups excluding carboxylic acids is 1. The van der Waals surface area contributed by atoms with E-state index in [1.165, 1.54) is 0 Å². The van der Waals surface area contributed by atoms with E-state index in [1.54, 1.807) is 20.3 Å². The zero-order valence-electron chi connectivity index (χ0n) is 14.6. The van der Waals surface area contributed by atoms with Gasteiger partial charge in [-0.3, -0.25) is 4.79 Å². The molecule has 0 aliphatic heterocycles. The molecule has 1 aromatic heterocycles. The van der Waals surface area contributed by atoms with Gasteiger partial charge >= 0.3 is 0 Å². The maximum Gasteiger partial charge on any atom is 0.164 e. The van der Waals surface area contributed by atoms with Crippen molar-refractivity contribution in [1.82, 2.24) is 4.57 Å². The summed E-state index contributed by atoms with van der Waals surface area (Å²) in [6.45, 7) is 3.09. The van der Waals surface area contributed by atoms with Gasteiger partial charge in [-0.2, -0.15) is 0 Å². The summed E-state index contributed by atoms with van der Waals surface area (Å²) in [6, 6.07) is 13.4. The van der Waals surface area contributed by atoms with Gasteiger partial charge in [-0.1, -0.05) is 18.2 Å². The van der Waals surface area contributed by atoms with Crippen molar-refractivity contribution in [3.8, 4) is 17.2 Å². The predicted octanol–water partition coefficient (Wildman–Crippen LogP) is 3.86. The minimum Gasteiger partial charge on any atom is -0.493 e. The van der Waals surface area contributed by atoms with Crippen LogP contribution in [0.5, 0.6) is 17.2 Å². The van der Waals surface area contributed by atoms with Gasteiger partial charge < -0.3 is 18.8 Å². The van der Waals surface area contributed by atoms with E-state index in [0.29, 0.717) is 30.4 Å². The SMILES string of the molecule is COc1ccc(OCCn2c(C)c(C=O)c3ccccc32)cc1OC. The molecule has 0 spiro atoms. The van der Waals surface area contributed by atoms with Crippen LogP contribution in [0.4, 0.5) is 0 Å². The number of nitrogens with zero attached hydrogens (tertiary/aromatic N) is 1. The molecule has 0 aliphatic carbocycles. The summed E-state index contributed by atoms with van der Waals surface area (Å²) in [5.41, 5.74) is 2.73. The van der Waals surface area contributed by atoms with Gasteiger partial charge in [-0.05, 0) is 25.1 Å². The van der Waals surface area contributed by atoms with E-state index in [0.717, 1.165) is 28.4 Å². The van der Waals surface area contributed by atoms with Crippen molar-refractivity contribution in [3.63, 3.8) is 0 Å². The number of rotatable bonds is 7. The number of ether oxygens (including phenoxy) is 3. The van der Waals surface area contributed by atoms with Crippen LogP contribution in [0.25, 0.3) is 10.9 Å². The quantitative estimate of drug-likeness (QED) is 0.613. The lowest BCUT2D eigenvalue weighted by atomic mass is 10.1. The van der Waals surface area contributed by atoms with E-state index in [1.807, 2.05) is 43.3 Å². The Morgan fingerprint density at radius 3 is 2.52 bits per heavy atom. The molecular weight excluding hydrogens is 318 g/mol. The van der Waals surface area contributed by atoms with Gasteiger partial charge in [-0.25, -0.2) is 0 Å². The predicted molar refractivity (Wildman–Crippen MR) is 97.1 cm³/mol. The number of benzene rings is 2. The van der Waals surface area contributed by atoms with E-state index in [-0.39, 0.29) is 0 Å². The Morgan fingerprint density at radius 2 is 1.80 bits per heavy atom. The van der Waals surface area contributed by atoms with Crippen LogP contribution in [0.3, 0.4) is 0 Å². The van der Waals surface area contributed by atoms with Crippen LogP contribution in [-0.4, -0.2) is 31.7 Å². The molecule has 0 fully saturated rings. The Balaban J connectivity index is 1.78. The smallest absolute Gasteiger partial charge is 0.164 e. The van der Waals surface area contributed by atoms with Gasteiger partial charge in [-0.15, -0.1) is 0 Å². The van der Waals surface area contributed by atoms with Gasteiger partial charge in [0.05, 0.1) is 20.8 Å². The third-order valence-corrected chi connectivity index (χ3v) is 4.34. The molecule has 5 heteroatoms. The number of para-hydroxylation sites is 1. The first-order valence-electron chi connectivity index (χ1n) is 8.07. The Kier molecular flexibility index (Phi) is 4.93. The molecule has 0 radical (unpaired) electrons. The molecule has 2 aromatic carbocycles. The Morgan fingerprint density at radius 1 is 1.04 bits per heavy atom. The standard InChI is InChI=1S/C20H21NO4/c1-14-17(13-22)16-6-4-5-7-18(16)21(14)10-11-25-15-8-9-19(23-2)20(12-15)24-3/h4-9,12-13H,10-11H2,1-3H3. The molecule has 5 nitrogen and oxygen atoms in total. The molecule has 25 heavy (non-hydrogen) atoms. The van der Waals surface area contributed by atoms with Gasteiger partial charge in [0.2, 0.25) is 0 Å². The van der Waals surface area contributed by atoms with Crippen molar-refractivity contribution in [2.45, 2.75) is 13.5 Å². The van der Waals surface area contributed by atoms with Gasteiger partial charge in [0.15, 0.2) is 17.8 Å². The highest BCUT2D eigenvalue weighted by atomic mass is 16.5. The number of hydrogen-bond acceptors (Lipinski definition) is 4. The number of hydrogen-bond donors (Lipinski definition) is 0. The van der Waals surface area contributed by atoms with Gasteiger partial charge in [0.25, 0.3) is 0 Å². The summed E-state index contributed by atoms with van der Waals surface area (Å²) in [6.07, 6.45) is 0.920. The fourth-order valence-corrected chi connectivity index (χ4v) is 3.06. The number of carbonyl (C=O) groups is 1. The van der Waals surface area contributed by atoms with Gasteiger partial charge in [0, 0.05) is 28.2 Å². The van der Waals surface area contributed by atoms with Crippen LogP contribution < -0.4 is 14.2 Å². The number of methoxy groups -OCH3 is 2. The molecular formula is C20H21NO4. The van der Waals surface area contributed by atoms with Crippen LogP contribution in [0.2, 0.25) is 0 Å². The first kappa shape index (κ1) is 16.9. The summed E-state index contributed by atoms with van der Waals surface area (Å²) >= 11 is 0. The average molecular weight is 339 g/mol. The molecule has 0 atom stereocenters. The fraction of sp³-hybridized carbons (Fsp3) is 0.250. The Hall–Kier alpha value is -2.95.